The summed E-state index contributed by atoms with van der Waals surface area (Å²) < 4.78 is 126. The van der Waals surface area contributed by atoms with Gasteiger partial charge >= 0.3 is 12.4 Å². The lowest BCUT2D eigenvalue weighted by molar-refractivity contribution is -0.152. The summed E-state index contributed by atoms with van der Waals surface area (Å²) >= 11 is 0. The Labute approximate surface area is 215 Å². The van der Waals surface area contributed by atoms with Gasteiger partial charge < -0.3 is 4.57 Å². The van der Waals surface area contributed by atoms with Gasteiger partial charge in [-0.2, -0.15) is 31.1 Å². The molecular formula is C26H27F7N2O2S. The summed E-state index contributed by atoms with van der Waals surface area (Å²) in [7, 11) is -4.27. The molecule has 1 saturated carbocycles. The average Bonchev–Trinajstić information content (AvgIpc) is 3.04. The summed E-state index contributed by atoms with van der Waals surface area (Å²) in [5.41, 5.74) is -2.10. The Morgan fingerprint density at radius 2 is 1.66 bits per heavy atom. The fourth-order valence-electron chi connectivity index (χ4n) is 4.61. The zero-order valence-electron chi connectivity index (χ0n) is 20.8. The molecule has 0 radical (unpaired) electrons. The number of sulfonamides is 1. The van der Waals surface area contributed by atoms with E-state index in [1.165, 1.54) is 29.0 Å². The smallest absolute Gasteiger partial charge is 0.347 e. The Bertz CT molecular complexity index is 1450. The van der Waals surface area contributed by atoms with Crippen LogP contribution in [0.5, 0.6) is 0 Å². The van der Waals surface area contributed by atoms with E-state index in [1.807, 2.05) is 25.5 Å². The molecule has 2 aromatic carbocycles. The van der Waals surface area contributed by atoms with Crippen LogP contribution in [0.25, 0.3) is 22.0 Å². The summed E-state index contributed by atoms with van der Waals surface area (Å²) in [6, 6.07) is 3.47. The van der Waals surface area contributed by atoms with Gasteiger partial charge in [0.15, 0.2) is 0 Å². The van der Waals surface area contributed by atoms with Gasteiger partial charge in [0.1, 0.15) is 11.9 Å². The summed E-state index contributed by atoms with van der Waals surface area (Å²) in [6.07, 6.45) is -7.49. The van der Waals surface area contributed by atoms with E-state index in [-0.39, 0.29) is 47.0 Å². The molecule has 1 atom stereocenters. The predicted octanol–water partition coefficient (Wildman–Crippen LogP) is 7.59. The van der Waals surface area contributed by atoms with E-state index in [4.69, 9.17) is 0 Å². The molecule has 1 heterocycles. The molecule has 1 N–H and O–H groups in total. The molecule has 1 unspecified atom stereocenters. The van der Waals surface area contributed by atoms with Crippen LogP contribution in [0.15, 0.2) is 42.6 Å². The number of aromatic nitrogens is 1. The molecule has 0 amide bonds. The Kier molecular flexibility index (Phi) is 7.14. The lowest BCUT2D eigenvalue weighted by atomic mass is 9.96. The zero-order valence-corrected chi connectivity index (χ0v) is 21.7. The second kappa shape index (κ2) is 9.55. The fourth-order valence-corrected chi connectivity index (χ4v) is 6.35. The van der Waals surface area contributed by atoms with Gasteiger partial charge in [0.25, 0.3) is 0 Å². The SMILES string of the molecule is CC(C)(C)Cn1cc(C(NS(=O)(=O)C2CCC2)C(F)(F)F)c2ccc(-c3ccc(F)cc3C(F)(F)F)cc21. The first kappa shape index (κ1) is 28.4. The van der Waals surface area contributed by atoms with Crippen LogP contribution in [0.3, 0.4) is 0 Å². The highest BCUT2D eigenvalue weighted by Crippen LogP contribution is 2.42. The first-order valence-electron chi connectivity index (χ1n) is 11.9. The molecule has 1 fully saturated rings. The molecule has 1 aliphatic carbocycles. The topological polar surface area (TPSA) is 51.1 Å². The number of hydrogen-bond acceptors (Lipinski definition) is 2. The molecule has 1 aromatic heterocycles. The predicted molar refractivity (Wildman–Crippen MR) is 130 cm³/mol. The normalized spacial score (nSPS) is 16.6. The van der Waals surface area contributed by atoms with Crippen molar-refractivity contribution in [2.45, 2.75) is 70.2 Å². The zero-order chi connectivity index (χ0) is 28.3. The van der Waals surface area contributed by atoms with E-state index in [9.17, 15) is 39.2 Å². The van der Waals surface area contributed by atoms with E-state index in [0.717, 1.165) is 12.1 Å². The lowest BCUT2D eigenvalue weighted by Crippen LogP contribution is -2.44. The van der Waals surface area contributed by atoms with Crippen LogP contribution in [0.1, 0.15) is 57.2 Å². The van der Waals surface area contributed by atoms with Gasteiger partial charge in [0.2, 0.25) is 10.0 Å². The van der Waals surface area contributed by atoms with Crippen LogP contribution < -0.4 is 4.72 Å². The number of rotatable bonds is 6. The third kappa shape index (κ3) is 5.85. The molecule has 1 aliphatic rings. The monoisotopic (exact) mass is 564 g/mol. The quantitative estimate of drug-likeness (QED) is 0.314. The van der Waals surface area contributed by atoms with Crippen LogP contribution in [-0.4, -0.2) is 24.4 Å². The van der Waals surface area contributed by atoms with Crippen molar-refractivity contribution >= 4 is 20.9 Å². The first-order valence-corrected chi connectivity index (χ1v) is 13.5. The second-order valence-electron chi connectivity index (χ2n) is 10.9. The van der Waals surface area contributed by atoms with Crippen molar-refractivity contribution in [1.29, 1.82) is 0 Å². The Hall–Kier alpha value is -2.60. The number of fused-ring (bicyclic) bond motifs is 1. The number of alkyl halides is 6. The maximum Gasteiger partial charge on any atom is 0.417 e. The highest BCUT2D eigenvalue weighted by molar-refractivity contribution is 7.90. The number of nitrogens with one attached hydrogen (secondary N) is 1. The van der Waals surface area contributed by atoms with E-state index >= 15 is 0 Å². The van der Waals surface area contributed by atoms with Crippen molar-refractivity contribution in [2.24, 2.45) is 5.41 Å². The standard InChI is InChI=1S/C26H27F7N2O2S/c1-24(2,3)14-35-13-20(23(26(31,32)33)34-38(36,37)17-5-4-6-17)19-9-7-15(11-22(19)35)18-10-8-16(27)12-21(18)25(28,29)30/h7-13,17,23,34H,4-6,14H2,1-3H3. The summed E-state index contributed by atoms with van der Waals surface area (Å²) in [6.45, 7) is 5.71. The Morgan fingerprint density at radius 3 is 2.18 bits per heavy atom. The Morgan fingerprint density at radius 1 is 1.00 bits per heavy atom. The molecule has 4 nitrogen and oxygen atoms in total. The maximum absolute atomic E-state index is 14.3. The van der Waals surface area contributed by atoms with Crippen molar-refractivity contribution in [1.82, 2.24) is 9.29 Å². The highest BCUT2D eigenvalue weighted by atomic mass is 32.2. The van der Waals surface area contributed by atoms with Gasteiger partial charge in [-0.1, -0.05) is 45.4 Å². The van der Waals surface area contributed by atoms with Crippen molar-refractivity contribution in [3.63, 3.8) is 0 Å². The second-order valence-corrected chi connectivity index (χ2v) is 12.9. The van der Waals surface area contributed by atoms with Crippen LogP contribution in [0, 0.1) is 11.2 Å². The van der Waals surface area contributed by atoms with Crippen LogP contribution >= 0.6 is 0 Å². The van der Waals surface area contributed by atoms with Gasteiger partial charge in [0.05, 0.1) is 10.8 Å². The van der Waals surface area contributed by atoms with Gasteiger partial charge in [-0.05, 0) is 47.6 Å². The first-order chi connectivity index (χ1) is 17.4. The maximum atomic E-state index is 14.3. The molecule has 208 valence electrons. The third-order valence-corrected chi connectivity index (χ3v) is 8.48. The highest BCUT2D eigenvalue weighted by Gasteiger charge is 2.46. The van der Waals surface area contributed by atoms with E-state index < -0.39 is 50.5 Å². The van der Waals surface area contributed by atoms with Crippen molar-refractivity contribution in [3.05, 3.63) is 59.5 Å². The number of halogens is 7. The molecule has 4 rings (SSSR count). The largest absolute Gasteiger partial charge is 0.417 e. The van der Waals surface area contributed by atoms with Crippen molar-refractivity contribution < 1.29 is 39.2 Å². The number of nitrogens with zero attached hydrogens (tertiary/aromatic N) is 1. The minimum atomic E-state index is -4.98. The number of hydrogen-bond donors (Lipinski definition) is 1. The van der Waals surface area contributed by atoms with Crippen LogP contribution in [0.4, 0.5) is 30.7 Å². The average molecular weight is 565 g/mol. The molecule has 0 spiro atoms. The third-order valence-electron chi connectivity index (χ3n) is 6.57. The Balaban J connectivity index is 1.91. The van der Waals surface area contributed by atoms with E-state index in [2.05, 4.69) is 0 Å². The van der Waals surface area contributed by atoms with Gasteiger partial charge in [-0.3, -0.25) is 0 Å². The summed E-state index contributed by atoms with van der Waals surface area (Å²) in [5, 5.41) is -0.853. The van der Waals surface area contributed by atoms with Crippen LogP contribution in [0.2, 0.25) is 0 Å². The summed E-state index contributed by atoms with van der Waals surface area (Å²) in [4.78, 5) is 0. The molecule has 0 aliphatic heterocycles. The van der Waals surface area contributed by atoms with Gasteiger partial charge in [-0.15, -0.1) is 0 Å². The van der Waals surface area contributed by atoms with E-state index in [1.54, 1.807) is 0 Å². The minimum absolute atomic E-state index is 0.0308. The van der Waals surface area contributed by atoms with Gasteiger partial charge in [0, 0.05) is 29.2 Å². The summed E-state index contributed by atoms with van der Waals surface area (Å²) in [5.74, 6) is -1.08. The van der Waals surface area contributed by atoms with E-state index in [0.29, 0.717) is 12.5 Å². The molecular weight excluding hydrogens is 537 g/mol. The molecule has 38 heavy (non-hydrogen) atoms. The lowest BCUT2D eigenvalue weighted by Gasteiger charge is -2.29. The fraction of sp³-hybridized carbons (Fsp3) is 0.462. The number of benzene rings is 2. The molecule has 0 bridgehead atoms. The molecule has 3 aromatic rings. The van der Waals surface area contributed by atoms with Crippen molar-refractivity contribution in [3.8, 4) is 11.1 Å². The minimum Gasteiger partial charge on any atom is -0.347 e. The molecule has 0 saturated heterocycles. The van der Waals surface area contributed by atoms with Crippen LogP contribution in [-0.2, 0) is 22.7 Å². The van der Waals surface area contributed by atoms with Crippen molar-refractivity contribution in [2.75, 3.05) is 0 Å². The molecule has 12 heteroatoms. The van der Waals surface area contributed by atoms with Gasteiger partial charge in [-0.25, -0.2) is 12.8 Å².